The average molecular weight is 466 g/mol. The molecule has 0 spiro atoms. The summed E-state index contributed by atoms with van der Waals surface area (Å²) in [6, 6.07) is 9.81. The highest BCUT2D eigenvalue weighted by molar-refractivity contribution is 5.68. The van der Waals surface area contributed by atoms with E-state index in [1.807, 2.05) is 41.7 Å². The number of hydrogen-bond acceptors (Lipinski definition) is 5. The van der Waals surface area contributed by atoms with Gasteiger partial charge in [0.25, 0.3) is 0 Å². The summed E-state index contributed by atoms with van der Waals surface area (Å²) in [4.78, 5) is 21.5. The fourth-order valence-corrected chi connectivity index (χ4v) is 4.10. The Kier molecular flexibility index (Phi) is 8.04. The molecule has 1 aromatic heterocycles. The molecule has 3 rings (SSSR count). The summed E-state index contributed by atoms with van der Waals surface area (Å²) in [6.07, 6.45) is 4.28. The van der Waals surface area contributed by atoms with Crippen LogP contribution in [0.2, 0.25) is 0 Å². The number of ether oxygens (including phenoxy) is 1. The maximum absolute atomic E-state index is 12.9. The van der Waals surface area contributed by atoms with Gasteiger partial charge in [-0.1, -0.05) is 53.7 Å². The van der Waals surface area contributed by atoms with Crippen LogP contribution >= 0.6 is 0 Å². The fraction of sp³-hybridized carbons (Fsp3) is 0.593. The molecule has 1 atom stereocenters. The maximum Gasteiger partial charge on any atom is 0.410 e. The van der Waals surface area contributed by atoms with Gasteiger partial charge in [0.05, 0.1) is 23.7 Å². The molecule has 1 aliphatic heterocycles. The number of amides is 1. The Morgan fingerprint density at radius 3 is 2.26 bits per heavy atom. The van der Waals surface area contributed by atoms with Gasteiger partial charge in [0.2, 0.25) is 0 Å². The molecule has 1 fully saturated rings. The summed E-state index contributed by atoms with van der Waals surface area (Å²) in [5, 5.41) is 8.98. The van der Waals surface area contributed by atoms with E-state index in [-0.39, 0.29) is 23.0 Å². The van der Waals surface area contributed by atoms with Crippen LogP contribution in [0, 0.1) is 22.2 Å². The number of nitriles is 1. The van der Waals surface area contributed by atoms with Gasteiger partial charge >= 0.3 is 6.09 Å². The van der Waals surface area contributed by atoms with Crippen LogP contribution in [0.15, 0.2) is 36.8 Å². The van der Waals surface area contributed by atoms with E-state index >= 15 is 0 Å². The summed E-state index contributed by atoms with van der Waals surface area (Å²) < 4.78 is 8.15. The molecule has 2 heterocycles. The minimum atomic E-state index is -0.199. The molecule has 7 heteroatoms. The van der Waals surface area contributed by atoms with Gasteiger partial charge in [0, 0.05) is 45.5 Å². The van der Waals surface area contributed by atoms with Crippen LogP contribution in [0.25, 0.3) is 0 Å². The molecular formula is C27H39N5O2. The quantitative estimate of drug-likeness (QED) is 0.606. The minimum absolute atomic E-state index is 0.0949. The first-order chi connectivity index (χ1) is 15.9. The van der Waals surface area contributed by atoms with E-state index in [0.717, 1.165) is 43.9 Å². The SMILES string of the molecule is CC(C)(C)CC(OC(=O)N1CCN(Cc2cncn2Cc2ccc(C#N)cc2)CC1)C(C)(C)C. The van der Waals surface area contributed by atoms with E-state index in [0.29, 0.717) is 18.7 Å². The number of piperazine rings is 1. The van der Waals surface area contributed by atoms with Crippen LogP contribution < -0.4 is 0 Å². The molecule has 0 aliphatic carbocycles. The van der Waals surface area contributed by atoms with E-state index in [1.165, 1.54) is 0 Å². The van der Waals surface area contributed by atoms with Gasteiger partial charge in [-0.15, -0.1) is 0 Å². The lowest BCUT2D eigenvalue weighted by Gasteiger charge is -2.38. The van der Waals surface area contributed by atoms with E-state index in [1.54, 1.807) is 0 Å². The molecule has 7 nitrogen and oxygen atoms in total. The van der Waals surface area contributed by atoms with Crippen molar-refractivity contribution in [3.63, 3.8) is 0 Å². The molecule has 0 bridgehead atoms. The molecule has 1 aliphatic rings. The molecule has 1 amide bonds. The predicted octanol–water partition coefficient (Wildman–Crippen LogP) is 4.91. The lowest BCUT2D eigenvalue weighted by atomic mass is 9.78. The lowest BCUT2D eigenvalue weighted by molar-refractivity contribution is -0.0170. The monoisotopic (exact) mass is 465 g/mol. The zero-order chi connectivity index (χ0) is 24.9. The molecule has 0 N–H and O–H groups in total. The van der Waals surface area contributed by atoms with Gasteiger partial charge in [-0.3, -0.25) is 4.90 Å². The fourth-order valence-electron chi connectivity index (χ4n) is 4.10. The number of aromatic nitrogens is 2. The summed E-state index contributed by atoms with van der Waals surface area (Å²) in [5.74, 6) is 0. The summed E-state index contributed by atoms with van der Waals surface area (Å²) >= 11 is 0. The Balaban J connectivity index is 1.53. The van der Waals surface area contributed by atoms with Gasteiger partial charge in [0.15, 0.2) is 0 Å². The highest BCUT2D eigenvalue weighted by atomic mass is 16.6. The van der Waals surface area contributed by atoms with Crippen LogP contribution in [-0.2, 0) is 17.8 Å². The largest absolute Gasteiger partial charge is 0.446 e. The third-order valence-corrected chi connectivity index (χ3v) is 6.26. The Labute approximate surface area is 204 Å². The Morgan fingerprint density at radius 2 is 1.71 bits per heavy atom. The van der Waals surface area contributed by atoms with Crippen molar-refractivity contribution >= 4 is 6.09 Å². The third-order valence-electron chi connectivity index (χ3n) is 6.26. The summed E-state index contributed by atoms with van der Waals surface area (Å²) in [6.45, 7) is 17.4. The maximum atomic E-state index is 12.9. The van der Waals surface area contributed by atoms with E-state index in [4.69, 9.17) is 10.00 Å². The smallest absolute Gasteiger partial charge is 0.410 e. The number of imidazole rings is 1. The Bertz CT molecular complexity index is 984. The van der Waals surface area contributed by atoms with E-state index < -0.39 is 0 Å². The number of carbonyl (C=O) groups is 1. The van der Waals surface area contributed by atoms with Crippen molar-refractivity contribution < 1.29 is 9.53 Å². The van der Waals surface area contributed by atoms with Crippen molar-refractivity contribution in [2.45, 2.75) is 67.2 Å². The first-order valence-electron chi connectivity index (χ1n) is 12.1. The van der Waals surface area contributed by atoms with Crippen molar-refractivity contribution in [1.82, 2.24) is 19.4 Å². The Hall–Kier alpha value is -2.85. The Morgan fingerprint density at radius 1 is 1.06 bits per heavy atom. The van der Waals surface area contributed by atoms with Crippen LogP contribution in [0.4, 0.5) is 4.79 Å². The standard InChI is InChI=1S/C27H39N5O2/c1-26(2,3)15-24(27(4,5)6)34-25(33)31-13-11-30(12-14-31)19-23-17-29-20-32(23)18-22-9-7-21(16-28)8-10-22/h7-10,17,20,24H,11-15,18-19H2,1-6H3. The molecule has 34 heavy (non-hydrogen) atoms. The van der Waals surface area contributed by atoms with Crippen LogP contribution in [0.5, 0.6) is 0 Å². The van der Waals surface area contributed by atoms with E-state index in [9.17, 15) is 4.79 Å². The second kappa shape index (κ2) is 10.6. The number of hydrogen-bond donors (Lipinski definition) is 0. The van der Waals surface area contributed by atoms with Crippen LogP contribution in [-0.4, -0.2) is 57.7 Å². The molecule has 1 saturated heterocycles. The van der Waals surface area contributed by atoms with Crippen molar-refractivity contribution in [3.05, 3.63) is 53.6 Å². The van der Waals surface area contributed by atoms with Gasteiger partial charge in [0.1, 0.15) is 6.10 Å². The highest BCUT2D eigenvalue weighted by Crippen LogP contribution is 2.33. The first kappa shape index (κ1) is 25.8. The molecule has 0 radical (unpaired) electrons. The van der Waals surface area contributed by atoms with Gasteiger partial charge in [-0.2, -0.15) is 5.26 Å². The van der Waals surface area contributed by atoms with Gasteiger partial charge < -0.3 is 14.2 Å². The molecule has 1 aromatic carbocycles. The number of benzene rings is 1. The highest BCUT2D eigenvalue weighted by Gasteiger charge is 2.34. The van der Waals surface area contributed by atoms with E-state index in [2.05, 4.69) is 62.1 Å². The number of carbonyl (C=O) groups excluding carboxylic acids is 1. The third kappa shape index (κ3) is 7.33. The van der Waals surface area contributed by atoms with Crippen LogP contribution in [0.1, 0.15) is 64.8 Å². The summed E-state index contributed by atoms with van der Waals surface area (Å²) in [5.41, 5.74) is 2.93. The van der Waals surface area contributed by atoms with Crippen molar-refractivity contribution in [2.75, 3.05) is 26.2 Å². The molecule has 2 aromatic rings. The lowest BCUT2D eigenvalue weighted by Crippen LogP contribution is -2.50. The second-order valence-electron chi connectivity index (χ2n) is 11.6. The number of rotatable bonds is 6. The number of nitrogens with zero attached hydrogens (tertiary/aromatic N) is 5. The van der Waals surface area contributed by atoms with Crippen LogP contribution in [0.3, 0.4) is 0 Å². The molecule has 1 unspecified atom stereocenters. The zero-order valence-corrected chi connectivity index (χ0v) is 21.5. The second-order valence-corrected chi connectivity index (χ2v) is 11.6. The molecule has 184 valence electrons. The predicted molar refractivity (Wildman–Crippen MR) is 133 cm³/mol. The normalized spacial score (nSPS) is 16.2. The summed E-state index contributed by atoms with van der Waals surface area (Å²) in [7, 11) is 0. The average Bonchev–Trinajstić information content (AvgIpc) is 3.19. The van der Waals surface area contributed by atoms with Crippen molar-refractivity contribution in [2.24, 2.45) is 10.8 Å². The molecular weight excluding hydrogens is 426 g/mol. The molecule has 0 saturated carbocycles. The van der Waals surface area contributed by atoms with Gasteiger partial charge in [-0.25, -0.2) is 9.78 Å². The zero-order valence-electron chi connectivity index (χ0n) is 21.5. The van der Waals surface area contributed by atoms with Crippen molar-refractivity contribution in [3.8, 4) is 6.07 Å². The van der Waals surface area contributed by atoms with Gasteiger partial charge in [-0.05, 0) is 34.9 Å². The van der Waals surface area contributed by atoms with Crippen molar-refractivity contribution in [1.29, 1.82) is 5.26 Å². The first-order valence-corrected chi connectivity index (χ1v) is 12.1. The topological polar surface area (TPSA) is 74.4 Å². The minimum Gasteiger partial charge on any atom is -0.446 e.